The summed E-state index contributed by atoms with van der Waals surface area (Å²) in [6, 6.07) is 5.79. The Morgan fingerprint density at radius 1 is 0.947 bits per heavy atom. The molecule has 0 heterocycles. The molecular weight excluding hydrogens is 248 g/mol. The third-order valence-electron chi connectivity index (χ3n) is 3.27. The lowest BCUT2D eigenvalue weighted by molar-refractivity contribution is -0.182. The molecule has 1 aromatic carbocycles. The highest BCUT2D eigenvalue weighted by Crippen LogP contribution is 2.21. The molecule has 0 unspecified atom stereocenters. The van der Waals surface area contributed by atoms with E-state index in [0.717, 1.165) is 25.7 Å². The van der Waals surface area contributed by atoms with E-state index in [4.69, 9.17) is 9.99 Å². The van der Waals surface area contributed by atoms with E-state index in [9.17, 15) is 9.59 Å². The molecule has 1 fully saturated rings. The number of hydrogen-bond donors (Lipinski definition) is 1. The second-order valence-corrected chi connectivity index (χ2v) is 4.62. The number of ether oxygens (including phenoxy) is 1. The van der Waals surface area contributed by atoms with Crippen LogP contribution in [-0.2, 0) is 9.62 Å². The lowest BCUT2D eigenvalue weighted by Crippen LogP contribution is -2.20. The number of hydrogen-bond acceptors (Lipinski definition) is 5. The van der Waals surface area contributed by atoms with Gasteiger partial charge < -0.3 is 4.74 Å². The molecule has 0 aliphatic heterocycles. The van der Waals surface area contributed by atoms with Crippen LogP contribution in [0.1, 0.15) is 52.8 Å². The maximum Gasteiger partial charge on any atom is 0.372 e. The summed E-state index contributed by atoms with van der Waals surface area (Å²) in [6.45, 7) is 0. The molecule has 1 N–H and O–H groups in total. The van der Waals surface area contributed by atoms with Gasteiger partial charge in [0.1, 0.15) is 6.10 Å². The first kappa shape index (κ1) is 13.5. The third-order valence-corrected chi connectivity index (χ3v) is 3.27. The molecule has 0 atom stereocenters. The maximum atomic E-state index is 11.9. The molecule has 5 nitrogen and oxygen atoms in total. The van der Waals surface area contributed by atoms with Crippen molar-refractivity contribution in [2.24, 2.45) is 0 Å². The normalized spacial score (nSPS) is 15.8. The van der Waals surface area contributed by atoms with Gasteiger partial charge in [0.05, 0.1) is 11.1 Å². The van der Waals surface area contributed by atoms with Gasteiger partial charge in [-0.25, -0.2) is 9.59 Å². The smallest absolute Gasteiger partial charge is 0.372 e. The molecular formula is C14H16O5. The fraction of sp³-hybridized carbons (Fsp3) is 0.429. The van der Waals surface area contributed by atoms with Crippen molar-refractivity contribution in [3.8, 4) is 0 Å². The first-order valence-electron chi connectivity index (χ1n) is 6.37. The van der Waals surface area contributed by atoms with Crippen LogP contribution in [0.2, 0.25) is 0 Å². The van der Waals surface area contributed by atoms with E-state index >= 15 is 0 Å². The van der Waals surface area contributed by atoms with Crippen molar-refractivity contribution in [2.75, 3.05) is 0 Å². The summed E-state index contributed by atoms with van der Waals surface area (Å²) >= 11 is 0. The summed E-state index contributed by atoms with van der Waals surface area (Å²) in [6.07, 6.45) is 5.23. The van der Waals surface area contributed by atoms with Crippen LogP contribution in [0.5, 0.6) is 0 Å². The van der Waals surface area contributed by atoms with Gasteiger partial charge in [-0.1, -0.05) is 6.42 Å². The van der Waals surface area contributed by atoms with Crippen LogP contribution in [0, 0.1) is 0 Å². The lowest BCUT2D eigenvalue weighted by Gasteiger charge is -2.21. The Hall–Kier alpha value is -1.88. The SMILES string of the molecule is O=C(OO)c1ccc(C(=O)OC2CCCCC2)cc1. The van der Waals surface area contributed by atoms with Crippen LogP contribution in [0.15, 0.2) is 24.3 Å². The van der Waals surface area contributed by atoms with Gasteiger partial charge in [-0.3, -0.25) is 4.89 Å². The average Bonchev–Trinajstić information content (AvgIpc) is 2.47. The summed E-state index contributed by atoms with van der Waals surface area (Å²) in [5.41, 5.74) is 0.566. The molecule has 1 saturated carbocycles. The Labute approximate surface area is 111 Å². The molecule has 0 spiro atoms. The highest BCUT2D eigenvalue weighted by Gasteiger charge is 2.19. The zero-order valence-electron chi connectivity index (χ0n) is 10.5. The van der Waals surface area contributed by atoms with Crippen molar-refractivity contribution in [1.29, 1.82) is 0 Å². The minimum absolute atomic E-state index is 0.00309. The molecule has 0 radical (unpaired) electrons. The first-order valence-corrected chi connectivity index (χ1v) is 6.37. The van der Waals surface area contributed by atoms with Crippen LogP contribution in [0.3, 0.4) is 0 Å². The Bertz CT molecular complexity index is 445. The van der Waals surface area contributed by atoms with Gasteiger partial charge >= 0.3 is 11.9 Å². The van der Waals surface area contributed by atoms with Crippen LogP contribution in [0.4, 0.5) is 0 Å². The van der Waals surface area contributed by atoms with E-state index < -0.39 is 5.97 Å². The fourth-order valence-electron chi connectivity index (χ4n) is 2.20. The van der Waals surface area contributed by atoms with Gasteiger partial charge in [0.25, 0.3) is 0 Å². The van der Waals surface area contributed by atoms with Crippen LogP contribution < -0.4 is 0 Å². The minimum Gasteiger partial charge on any atom is -0.459 e. The quantitative estimate of drug-likeness (QED) is 0.516. The number of carbonyl (C=O) groups excluding carboxylic acids is 2. The monoisotopic (exact) mass is 264 g/mol. The molecule has 1 aromatic rings. The van der Waals surface area contributed by atoms with E-state index in [1.165, 1.54) is 30.7 Å². The maximum absolute atomic E-state index is 11.9. The van der Waals surface area contributed by atoms with Crippen LogP contribution in [-0.4, -0.2) is 23.3 Å². The van der Waals surface area contributed by atoms with Gasteiger partial charge in [0, 0.05) is 0 Å². The summed E-state index contributed by atoms with van der Waals surface area (Å²) < 4.78 is 5.40. The molecule has 0 bridgehead atoms. The Morgan fingerprint density at radius 2 is 1.47 bits per heavy atom. The van der Waals surface area contributed by atoms with Crippen molar-refractivity contribution in [2.45, 2.75) is 38.2 Å². The van der Waals surface area contributed by atoms with Crippen molar-refractivity contribution in [1.82, 2.24) is 0 Å². The molecule has 0 saturated heterocycles. The number of esters is 1. The molecule has 2 rings (SSSR count). The number of rotatable bonds is 3. The van der Waals surface area contributed by atoms with E-state index in [1.807, 2.05) is 0 Å². The van der Waals surface area contributed by atoms with Crippen LogP contribution >= 0.6 is 0 Å². The molecule has 1 aliphatic rings. The summed E-state index contributed by atoms with van der Waals surface area (Å²) in [4.78, 5) is 26.5. The summed E-state index contributed by atoms with van der Waals surface area (Å²) in [7, 11) is 0. The van der Waals surface area contributed by atoms with Crippen molar-refractivity contribution in [3.05, 3.63) is 35.4 Å². The number of benzene rings is 1. The highest BCUT2D eigenvalue weighted by molar-refractivity contribution is 5.93. The lowest BCUT2D eigenvalue weighted by atomic mass is 9.98. The number of carbonyl (C=O) groups is 2. The van der Waals surface area contributed by atoms with Gasteiger partial charge in [-0.05, 0) is 49.9 Å². The molecule has 5 heteroatoms. The Morgan fingerprint density at radius 3 is 2.00 bits per heavy atom. The predicted molar refractivity (Wildman–Crippen MR) is 66.8 cm³/mol. The molecule has 0 aromatic heterocycles. The Kier molecular flexibility index (Phi) is 4.52. The average molecular weight is 264 g/mol. The third kappa shape index (κ3) is 3.54. The second kappa shape index (κ2) is 6.33. The van der Waals surface area contributed by atoms with Gasteiger partial charge in [-0.2, -0.15) is 5.26 Å². The fourth-order valence-corrected chi connectivity index (χ4v) is 2.20. The first-order chi connectivity index (χ1) is 9.20. The summed E-state index contributed by atoms with van der Waals surface area (Å²) in [5, 5.41) is 8.24. The highest BCUT2D eigenvalue weighted by atomic mass is 17.1. The van der Waals surface area contributed by atoms with E-state index in [2.05, 4.69) is 4.89 Å². The topological polar surface area (TPSA) is 72.8 Å². The van der Waals surface area contributed by atoms with Gasteiger partial charge in [0.2, 0.25) is 0 Å². The molecule has 1 aliphatic carbocycles. The minimum atomic E-state index is -0.854. The second-order valence-electron chi connectivity index (χ2n) is 4.62. The van der Waals surface area contributed by atoms with Crippen LogP contribution in [0.25, 0.3) is 0 Å². The standard InChI is InChI=1S/C14H16O5/c15-13(18-12-4-2-1-3-5-12)10-6-8-11(9-7-10)14(16)19-17/h6-9,12,17H,1-5H2. The van der Waals surface area contributed by atoms with Gasteiger partial charge in [0.15, 0.2) is 0 Å². The molecule has 0 amide bonds. The molecule has 19 heavy (non-hydrogen) atoms. The van der Waals surface area contributed by atoms with E-state index in [0.29, 0.717) is 5.56 Å². The van der Waals surface area contributed by atoms with E-state index in [1.54, 1.807) is 0 Å². The molecule has 102 valence electrons. The largest absolute Gasteiger partial charge is 0.459 e. The van der Waals surface area contributed by atoms with Crippen molar-refractivity contribution in [3.63, 3.8) is 0 Å². The Balaban J connectivity index is 1.97. The van der Waals surface area contributed by atoms with Crippen molar-refractivity contribution >= 4 is 11.9 Å². The van der Waals surface area contributed by atoms with Gasteiger partial charge in [-0.15, -0.1) is 0 Å². The van der Waals surface area contributed by atoms with E-state index in [-0.39, 0.29) is 17.6 Å². The summed E-state index contributed by atoms with van der Waals surface area (Å²) in [5.74, 6) is -1.23. The zero-order chi connectivity index (χ0) is 13.7. The zero-order valence-corrected chi connectivity index (χ0v) is 10.5. The van der Waals surface area contributed by atoms with Crippen molar-refractivity contribution < 1.29 is 24.5 Å². The predicted octanol–water partition coefficient (Wildman–Crippen LogP) is 2.81.